The van der Waals surface area contributed by atoms with E-state index in [4.69, 9.17) is 11.6 Å². The molecule has 0 spiro atoms. The summed E-state index contributed by atoms with van der Waals surface area (Å²) in [6, 6.07) is 4.67. The lowest BCUT2D eigenvalue weighted by atomic mass is 10.1. The highest BCUT2D eigenvalue weighted by atomic mass is 35.5. The Balaban J connectivity index is 1.82. The van der Waals surface area contributed by atoms with E-state index in [1.54, 1.807) is 24.7 Å². The van der Waals surface area contributed by atoms with Gasteiger partial charge in [-0.15, -0.1) is 0 Å². The minimum Gasteiger partial charge on any atom is -0.342 e. The van der Waals surface area contributed by atoms with Crippen molar-refractivity contribution in [3.63, 3.8) is 0 Å². The minimum atomic E-state index is -0.298. The van der Waals surface area contributed by atoms with Gasteiger partial charge in [0.2, 0.25) is 0 Å². The fourth-order valence-electron chi connectivity index (χ4n) is 1.90. The summed E-state index contributed by atoms with van der Waals surface area (Å²) in [4.78, 5) is 15.5. The van der Waals surface area contributed by atoms with E-state index in [0.717, 1.165) is 5.52 Å². The van der Waals surface area contributed by atoms with Crippen molar-refractivity contribution in [2.75, 3.05) is 0 Å². The molecule has 0 unspecified atom stereocenters. The van der Waals surface area contributed by atoms with E-state index in [9.17, 15) is 4.39 Å². The van der Waals surface area contributed by atoms with Gasteiger partial charge in [-0.2, -0.15) is 0 Å². The summed E-state index contributed by atoms with van der Waals surface area (Å²) in [7, 11) is 0. The SMILES string of the molecule is Fc1cccc(Cl)c1CCc1ncc2[nH]cnc2n1. The number of nitrogens with one attached hydrogen (secondary N) is 1. The first-order chi connectivity index (χ1) is 9.24. The van der Waals surface area contributed by atoms with Gasteiger partial charge in [0.05, 0.1) is 12.5 Å². The lowest BCUT2D eigenvalue weighted by Gasteiger charge is -2.04. The van der Waals surface area contributed by atoms with Gasteiger partial charge in [-0.3, -0.25) is 0 Å². The van der Waals surface area contributed by atoms with Crippen molar-refractivity contribution in [1.82, 2.24) is 19.9 Å². The number of rotatable bonds is 3. The van der Waals surface area contributed by atoms with Crippen molar-refractivity contribution >= 4 is 22.8 Å². The molecule has 0 amide bonds. The number of aromatic amines is 1. The van der Waals surface area contributed by atoms with Crippen LogP contribution in [0.15, 0.2) is 30.7 Å². The number of hydrogen-bond acceptors (Lipinski definition) is 3. The Bertz CT molecular complexity index is 705. The lowest BCUT2D eigenvalue weighted by molar-refractivity contribution is 0.607. The van der Waals surface area contributed by atoms with Gasteiger partial charge in [-0.1, -0.05) is 17.7 Å². The topological polar surface area (TPSA) is 54.5 Å². The molecule has 2 heterocycles. The van der Waals surface area contributed by atoms with E-state index < -0.39 is 0 Å². The van der Waals surface area contributed by atoms with E-state index in [1.165, 1.54) is 6.07 Å². The maximum Gasteiger partial charge on any atom is 0.180 e. The summed E-state index contributed by atoms with van der Waals surface area (Å²) in [5.41, 5.74) is 1.90. The van der Waals surface area contributed by atoms with Crippen LogP contribution in [0.4, 0.5) is 4.39 Å². The van der Waals surface area contributed by atoms with Gasteiger partial charge in [-0.25, -0.2) is 19.3 Å². The Kier molecular flexibility index (Phi) is 3.13. The van der Waals surface area contributed by atoms with Crippen LogP contribution in [-0.4, -0.2) is 19.9 Å². The number of nitrogens with zero attached hydrogens (tertiary/aromatic N) is 3. The molecule has 6 heteroatoms. The number of imidazole rings is 1. The molecule has 2 aromatic heterocycles. The summed E-state index contributed by atoms with van der Waals surface area (Å²) in [6.07, 6.45) is 4.22. The van der Waals surface area contributed by atoms with Gasteiger partial charge in [0.15, 0.2) is 5.65 Å². The Morgan fingerprint density at radius 3 is 2.95 bits per heavy atom. The van der Waals surface area contributed by atoms with Crippen molar-refractivity contribution in [3.8, 4) is 0 Å². The molecule has 4 nitrogen and oxygen atoms in total. The maximum absolute atomic E-state index is 13.6. The zero-order chi connectivity index (χ0) is 13.2. The summed E-state index contributed by atoms with van der Waals surface area (Å²) in [6.45, 7) is 0. The molecule has 19 heavy (non-hydrogen) atoms. The van der Waals surface area contributed by atoms with E-state index in [-0.39, 0.29) is 5.82 Å². The van der Waals surface area contributed by atoms with Crippen LogP contribution in [0.1, 0.15) is 11.4 Å². The first-order valence-electron chi connectivity index (χ1n) is 5.82. The second-order valence-electron chi connectivity index (χ2n) is 4.13. The van der Waals surface area contributed by atoms with Crippen molar-refractivity contribution in [1.29, 1.82) is 0 Å². The quantitative estimate of drug-likeness (QED) is 0.800. The van der Waals surface area contributed by atoms with Crippen LogP contribution < -0.4 is 0 Å². The van der Waals surface area contributed by atoms with Crippen LogP contribution in [0.3, 0.4) is 0 Å². The Hall–Kier alpha value is -2.01. The van der Waals surface area contributed by atoms with Gasteiger partial charge in [0.1, 0.15) is 17.2 Å². The summed E-state index contributed by atoms with van der Waals surface area (Å²) < 4.78 is 13.6. The smallest absolute Gasteiger partial charge is 0.180 e. The van der Waals surface area contributed by atoms with E-state index in [2.05, 4.69) is 19.9 Å². The Labute approximate surface area is 113 Å². The van der Waals surface area contributed by atoms with Crippen LogP contribution >= 0.6 is 11.6 Å². The molecular weight excluding hydrogens is 267 g/mol. The van der Waals surface area contributed by atoms with Crippen LogP contribution in [0.2, 0.25) is 5.02 Å². The van der Waals surface area contributed by atoms with Gasteiger partial charge < -0.3 is 4.98 Å². The van der Waals surface area contributed by atoms with Gasteiger partial charge in [0, 0.05) is 17.0 Å². The predicted octanol–water partition coefficient (Wildman–Crippen LogP) is 2.93. The normalized spacial score (nSPS) is 11.1. The highest BCUT2D eigenvalue weighted by molar-refractivity contribution is 6.31. The van der Waals surface area contributed by atoms with E-state index in [1.807, 2.05) is 0 Å². The molecule has 3 rings (SSSR count). The average molecular weight is 277 g/mol. The number of aryl methyl sites for hydroxylation is 1. The van der Waals surface area contributed by atoms with Crippen molar-refractivity contribution in [2.45, 2.75) is 12.8 Å². The van der Waals surface area contributed by atoms with E-state index in [0.29, 0.717) is 34.9 Å². The minimum absolute atomic E-state index is 0.298. The zero-order valence-corrected chi connectivity index (χ0v) is 10.7. The number of benzene rings is 1. The van der Waals surface area contributed by atoms with Crippen molar-refractivity contribution in [3.05, 3.63) is 53.0 Å². The molecule has 1 N–H and O–H groups in total. The fourth-order valence-corrected chi connectivity index (χ4v) is 2.16. The monoisotopic (exact) mass is 276 g/mol. The predicted molar refractivity (Wildman–Crippen MR) is 70.5 cm³/mol. The third-order valence-corrected chi connectivity index (χ3v) is 3.24. The third kappa shape index (κ3) is 2.42. The number of aromatic nitrogens is 4. The molecular formula is C13H10ClFN4. The average Bonchev–Trinajstić information content (AvgIpc) is 2.85. The molecule has 0 aliphatic rings. The summed E-state index contributed by atoms with van der Waals surface area (Å²) >= 11 is 5.98. The van der Waals surface area contributed by atoms with Crippen LogP contribution in [-0.2, 0) is 12.8 Å². The van der Waals surface area contributed by atoms with Crippen LogP contribution in [0.5, 0.6) is 0 Å². The Morgan fingerprint density at radius 2 is 2.11 bits per heavy atom. The fraction of sp³-hybridized carbons (Fsp3) is 0.154. The third-order valence-electron chi connectivity index (χ3n) is 2.89. The second-order valence-corrected chi connectivity index (χ2v) is 4.53. The summed E-state index contributed by atoms with van der Waals surface area (Å²) in [5.74, 6) is 0.326. The maximum atomic E-state index is 13.6. The highest BCUT2D eigenvalue weighted by Crippen LogP contribution is 2.20. The molecule has 96 valence electrons. The van der Waals surface area contributed by atoms with Crippen molar-refractivity contribution in [2.24, 2.45) is 0 Å². The zero-order valence-electron chi connectivity index (χ0n) is 9.90. The molecule has 0 bridgehead atoms. The molecule has 0 saturated carbocycles. The number of hydrogen-bond donors (Lipinski definition) is 1. The number of halogens is 2. The van der Waals surface area contributed by atoms with Gasteiger partial charge in [-0.05, 0) is 18.6 Å². The molecule has 1 aromatic carbocycles. The standard InChI is InChI=1S/C13H10ClFN4/c14-9-2-1-3-10(15)8(9)4-5-12-16-6-11-13(19-12)18-7-17-11/h1-3,6-7H,4-5H2,(H,16,17,18,19). The first kappa shape index (κ1) is 12.0. The molecule has 0 atom stereocenters. The van der Waals surface area contributed by atoms with Crippen LogP contribution in [0, 0.1) is 5.82 Å². The summed E-state index contributed by atoms with van der Waals surface area (Å²) in [5, 5.41) is 0.431. The molecule has 0 radical (unpaired) electrons. The molecule has 0 aliphatic carbocycles. The first-order valence-corrected chi connectivity index (χ1v) is 6.20. The number of fused-ring (bicyclic) bond motifs is 1. The van der Waals surface area contributed by atoms with Crippen molar-refractivity contribution < 1.29 is 4.39 Å². The Morgan fingerprint density at radius 1 is 1.21 bits per heavy atom. The lowest BCUT2D eigenvalue weighted by Crippen LogP contribution is -2.00. The molecule has 0 saturated heterocycles. The molecule has 0 aliphatic heterocycles. The van der Waals surface area contributed by atoms with Gasteiger partial charge in [0.25, 0.3) is 0 Å². The molecule has 0 fully saturated rings. The number of H-pyrrole nitrogens is 1. The van der Waals surface area contributed by atoms with E-state index >= 15 is 0 Å². The highest BCUT2D eigenvalue weighted by Gasteiger charge is 2.08. The molecule has 3 aromatic rings. The van der Waals surface area contributed by atoms with Crippen LogP contribution in [0.25, 0.3) is 11.2 Å². The largest absolute Gasteiger partial charge is 0.342 e. The van der Waals surface area contributed by atoms with Gasteiger partial charge >= 0.3 is 0 Å². The second kappa shape index (κ2) is 4.93.